The fraction of sp³-hybridized carbons (Fsp3) is 0.0500. The number of halogens is 1. The first-order valence-corrected chi connectivity index (χ1v) is 10.6. The summed E-state index contributed by atoms with van der Waals surface area (Å²) in [5.74, 6) is -0.708. The smallest absolute Gasteiger partial charge is 0.248 e. The van der Waals surface area contributed by atoms with Crippen molar-refractivity contribution >= 4 is 44.1 Å². The van der Waals surface area contributed by atoms with Crippen molar-refractivity contribution in [3.63, 3.8) is 0 Å². The molecule has 9 nitrogen and oxygen atoms in total. The normalized spacial score (nSPS) is 11.5. The Bertz CT molecular complexity index is 1470. The average molecular weight is 440 g/mol. The molecule has 0 aliphatic heterocycles. The van der Waals surface area contributed by atoms with E-state index in [1.54, 1.807) is 24.3 Å². The van der Waals surface area contributed by atoms with Gasteiger partial charge in [-0.25, -0.2) is 22.9 Å². The van der Waals surface area contributed by atoms with Crippen LogP contribution < -0.4 is 21.3 Å². The third kappa shape index (κ3) is 4.52. The van der Waals surface area contributed by atoms with E-state index in [2.05, 4.69) is 25.6 Å². The van der Waals surface area contributed by atoms with Gasteiger partial charge in [-0.3, -0.25) is 4.79 Å². The van der Waals surface area contributed by atoms with Gasteiger partial charge in [-0.05, 0) is 48.9 Å². The second-order valence-electron chi connectivity index (χ2n) is 6.79. The van der Waals surface area contributed by atoms with Crippen LogP contribution in [-0.2, 0) is 10.0 Å². The van der Waals surface area contributed by atoms with Gasteiger partial charge in [0.1, 0.15) is 0 Å². The van der Waals surface area contributed by atoms with Gasteiger partial charge in [0, 0.05) is 28.3 Å². The molecule has 0 saturated carbocycles. The van der Waals surface area contributed by atoms with Crippen LogP contribution in [0.1, 0.15) is 5.56 Å². The number of sulfonamides is 1. The number of primary sulfonamides is 1. The van der Waals surface area contributed by atoms with Crippen LogP contribution in [0.5, 0.6) is 0 Å². The molecule has 0 fully saturated rings. The Labute approximate surface area is 176 Å². The summed E-state index contributed by atoms with van der Waals surface area (Å²) in [6, 6.07) is 12.4. The lowest BCUT2D eigenvalue weighted by Gasteiger charge is -2.11. The second kappa shape index (κ2) is 7.78. The molecule has 0 saturated heterocycles. The van der Waals surface area contributed by atoms with E-state index in [4.69, 9.17) is 5.14 Å². The zero-order chi connectivity index (χ0) is 22.2. The number of anilines is 4. The lowest BCUT2D eigenvalue weighted by atomic mass is 10.1. The molecule has 2 aromatic carbocycles. The second-order valence-corrected chi connectivity index (χ2v) is 8.35. The molecule has 31 heavy (non-hydrogen) atoms. The number of aryl methyl sites for hydroxylation is 1. The Morgan fingerprint density at radius 1 is 1.06 bits per heavy atom. The number of hydrogen-bond donors (Lipinski definition) is 4. The number of H-pyrrole nitrogens is 1. The highest BCUT2D eigenvalue weighted by Gasteiger charge is 2.11. The molecule has 0 aliphatic rings. The van der Waals surface area contributed by atoms with Gasteiger partial charge in [-0.2, -0.15) is 4.98 Å². The maximum atomic E-state index is 14.3. The van der Waals surface area contributed by atoms with Crippen molar-refractivity contribution in [3.8, 4) is 0 Å². The fourth-order valence-electron chi connectivity index (χ4n) is 3.03. The molecule has 0 atom stereocenters. The van der Waals surface area contributed by atoms with Crippen molar-refractivity contribution < 1.29 is 12.8 Å². The van der Waals surface area contributed by atoms with E-state index in [9.17, 15) is 17.6 Å². The molecule has 0 bridgehead atoms. The van der Waals surface area contributed by atoms with Crippen LogP contribution in [0.3, 0.4) is 0 Å². The number of aromatic amines is 1. The molecule has 158 valence electrons. The zero-order valence-corrected chi connectivity index (χ0v) is 17.0. The Morgan fingerprint density at radius 2 is 1.84 bits per heavy atom. The number of pyridine rings is 1. The Balaban J connectivity index is 1.63. The largest absolute Gasteiger partial charge is 0.338 e. The molecular formula is C20H17FN6O3S. The lowest BCUT2D eigenvalue weighted by molar-refractivity contribution is 0.598. The van der Waals surface area contributed by atoms with E-state index in [1.165, 1.54) is 24.3 Å². The fourth-order valence-corrected chi connectivity index (χ4v) is 3.59. The first-order valence-electron chi connectivity index (χ1n) is 9.02. The minimum absolute atomic E-state index is 0.0526. The summed E-state index contributed by atoms with van der Waals surface area (Å²) < 4.78 is 37.3. The molecule has 4 aromatic rings. The number of hydrogen-bond acceptors (Lipinski definition) is 7. The van der Waals surface area contributed by atoms with Gasteiger partial charge in [-0.1, -0.05) is 6.07 Å². The highest BCUT2D eigenvalue weighted by Crippen LogP contribution is 2.24. The van der Waals surface area contributed by atoms with Crippen molar-refractivity contribution in [2.24, 2.45) is 5.14 Å². The standard InChI is InChI=1S/C20H17FN6O3S/c1-11-7-18(28)26-17-6-5-13(9-15(11)17)24-19-16(21)10-23-20(27-19)25-12-3-2-4-14(8-12)31(22,29)30/h2-10H,1H3,(H,26,28)(H2,22,29,30)(H2,23,24,25,27). The molecule has 5 N–H and O–H groups in total. The molecule has 0 radical (unpaired) electrons. The maximum absolute atomic E-state index is 14.3. The first kappa shape index (κ1) is 20.4. The highest BCUT2D eigenvalue weighted by atomic mass is 32.2. The van der Waals surface area contributed by atoms with Crippen LogP contribution in [0.25, 0.3) is 10.9 Å². The van der Waals surface area contributed by atoms with Crippen LogP contribution in [0, 0.1) is 12.7 Å². The third-order valence-corrected chi connectivity index (χ3v) is 5.39. The number of benzene rings is 2. The zero-order valence-electron chi connectivity index (χ0n) is 16.2. The molecular weight excluding hydrogens is 423 g/mol. The summed E-state index contributed by atoms with van der Waals surface area (Å²) in [6.45, 7) is 1.81. The van der Waals surface area contributed by atoms with Crippen molar-refractivity contribution in [1.29, 1.82) is 0 Å². The summed E-state index contributed by atoms with van der Waals surface area (Å²) >= 11 is 0. The average Bonchev–Trinajstić information content (AvgIpc) is 2.70. The molecule has 11 heteroatoms. The Kier molecular flexibility index (Phi) is 5.13. The van der Waals surface area contributed by atoms with Gasteiger partial charge >= 0.3 is 0 Å². The number of nitrogens with one attached hydrogen (secondary N) is 3. The van der Waals surface area contributed by atoms with Gasteiger partial charge in [0.2, 0.25) is 21.5 Å². The van der Waals surface area contributed by atoms with E-state index < -0.39 is 15.8 Å². The molecule has 0 spiro atoms. The van der Waals surface area contributed by atoms with Gasteiger partial charge in [0.25, 0.3) is 0 Å². The summed E-state index contributed by atoms with van der Waals surface area (Å²) in [7, 11) is -3.87. The van der Waals surface area contributed by atoms with Crippen LogP contribution >= 0.6 is 0 Å². The summed E-state index contributed by atoms with van der Waals surface area (Å²) in [4.78, 5) is 22.3. The van der Waals surface area contributed by atoms with Gasteiger partial charge in [0.15, 0.2) is 11.6 Å². The van der Waals surface area contributed by atoms with Crippen molar-refractivity contribution in [2.75, 3.05) is 10.6 Å². The van der Waals surface area contributed by atoms with Crippen LogP contribution in [0.4, 0.5) is 27.5 Å². The Hall–Kier alpha value is -3.83. The molecule has 2 aromatic heterocycles. The molecule has 0 aliphatic carbocycles. The van der Waals surface area contributed by atoms with Gasteiger partial charge < -0.3 is 15.6 Å². The van der Waals surface area contributed by atoms with Crippen molar-refractivity contribution in [1.82, 2.24) is 15.0 Å². The number of fused-ring (bicyclic) bond motifs is 1. The van der Waals surface area contributed by atoms with E-state index >= 15 is 0 Å². The Morgan fingerprint density at radius 3 is 2.61 bits per heavy atom. The third-order valence-electron chi connectivity index (χ3n) is 4.48. The highest BCUT2D eigenvalue weighted by molar-refractivity contribution is 7.89. The summed E-state index contributed by atoms with van der Waals surface area (Å²) in [6.07, 6.45) is 0.991. The molecule has 4 rings (SSSR count). The maximum Gasteiger partial charge on any atom is 0.248 e. The van der Waals surface area contributed by atoms with E-state index in [0.29, 0.717) is 16.9 Å². The van der Waals surface area contributed by atoms with Gasteiger partial charge in [0.05, 0.1) is 11.1 Å². The lowest BCUT2D eigenvalue weighted by Crippen LogP contribution is -2.12. The molecule has 0 unspecified atom stereocenters. The SMILES string of the molecule is Cc1cc(=O)[nH]c2ccc(Nc3nc(Nc4cccc(S(N)(=O)=O)c4)ncc3F)cc12. The molecule has 2 heterocycles. The first-order chi connectivity index (χ1) is 14.7. The van der Waals surface area contributed by atoms with Gasteiger partial charge in [-0.15, -0.1) is 0 Å². The quantitative estimate of drug-likeness (QED) is 0.374. The van der Waals surface area contributed by atoms with Crippen LogP contribution in [0.15, 0.2) is 64.4 Å². The van der Waals surface area contributed by atoms with Crippen molar-refractivity contribution in [2.45, 2.75) is 11.8 Å². The van der Waals surface area contributed by atoms with Crippen LogP contribution in [-0.4, -0.2) is 23.4 Å². The summed E-state index contributed by atoms with van der Waals surface area (Å²) in [5.41, 5.74) is 2.17. The molecule has 0 amide bonds. The van der Waals surface area contributed by atoms with E-state index in [1.807, 2.05) is 6.92 Å². The van der Waals surface area contributed by atoms with Crippen LogP contribution in [0.2, 0.25) is 0 Å². The number of nitrogens with zero attached hydrogens (tertiary/aromatic N) is 2. The minimum Gasteiger partial charge on any atom is -0.338 e. The number of rotatable bonds is 5. The van der Waals surface area contributed by atoms with E-state index in [0.717, 1.165) is 17.1 Å². The number of aromatic nitrogens is 3. The van der Waals surface area contributed by atoms with E-state index in [-0.39, 0.29) is 22.2 Å². The monoisotopic (exact) mass is 440 g/mol. The minimum atomic E-state index is -3.87. The number of nitrogens with two attached hydrogens (primary N) is 1. The van der Waals surface area contributed by atoms with Crippen molar-refractivity contribution in [3.05, 3.63) is 76.5 Å². The summed E-state index contributed by atoms with van der Waals surface area (Å²) in [5, 5.41) is 11.7. The predicted octanol–water partition coefficient (Wildman–Crippen LogP) is 2.90. The predicted molar refractivity (Wildman–Crippen MR) is 116 cm³/mol. The topological polar surface area (TPSA) is 143 Å².